The van der Waals surface area contributed by atoms with E-state index in [0.29, 0.717) is 15.7 Å². The van der Waals surface area contributed by atoms with Gasteiger partial charge in [-0.3, -0.25) is 4.79 Å². The van der Waals surface area contributed by atoms with E-state index in [4.69, 9.17) is 22.1 Å². The predicted octanol–water partition coefficient (Wildman–Crippen LogP) is 3.95. The second kappa shape index (κ2) is 7.99. The number of benzene rings is 2. The van der Waals surface area contributed by atoms with Crippen molar-refractivity contribution in [1.82, 2.24) is 4.98 Å². The van der Waals surface area contributed by atoms with Crippen molar-refractivity contribution in [2.24, 2.45) is 5.73 Å². The molecular weight excluding hydrogens is 398 g/mol. The molecule has 1 atom stereocenters. The molecule has 2 aromatic carbocycles. The number of nitrogens with zero attached hydrogens (tertiary/aromatic N) is 1. The summed E-state index contributed by atoms with van der Waals surface area (Å²) in [5.41, 5.74) is 5.53. The van der Waals surface area contributed by atoms with Gasteiger partial charge in [0.2, 0.25) is 0 Å². The first-order chi connectivity index (χ1) is 12.9. The minimum Gasteiger partial charge on any atom is -0.478 e. The summed E-state index contributed by atoms with van der Waals surface area (Å²) in [4.78, 5) is 15.6. The number of carbonyl (C=O) groups is 1. The third kappa shape index (κ3) is 4.08. The van der Waals surface area contributed by atoms with Crippen LogP contribution in [0.4, 0.5) is 8.78 Å². The number of ether oxygens (including phenoxy) is 1. The molecule has 1 unspecified atom stereocenters. The van der Waals surface area contributed by atoms with Gasteiger partial charge in [0.15, 0.2) is 17.7 Å². The fraction of sp³-hybridized carbons (Fsp3) is 0.111. The van der Waals surface area contributed by atoms with E-state index in [1.807, 2.05) is 0 Å². The van der Waals surface area contributed by atoms with E-state index in [0.717, 1.165) is 17.7 Å². The summed E-state index contributed by atoms with van der Waals surface area (Å²) in [6.45, 7) is -0.504. The molecule has 0 aliphatic rings. The van der Waals surface area contributed by atoms with Crippen LogP contribution < -0.4 is 10.5 Å². The van der Waals surface area contributed by atoms with Gasteiger partial charge in [0.25, 0.3) is 5.91 Å². The van der Waals surface area contributed by atoms with Crippen LogP contribution in [0, 0.1) is 11.6 Å². The highest BCUT2D eigenvalue weighted by atomic mass is 35.5. The zero-order chi connectivity index (χ0) is 19.6. The average Bonchev–Trinajstić information content (AvgIpc) is 3.11. The number of aliphatic hydroxyl groups is 1. The van der Waals surface area contributed by atoms with Crippen LogP contribution in [0.15, 0.2) is 41.8 Å². The number of hydrogen-bond donors (Lipinski definition) is 2. The molecule has 1 amide bonds. The molecule has 0 saturated heterocycles. The third-order valence-electron chi connectivity index (χ3n) is 3.67. The van der Waals surface area contributed by atoms with Crippen LogP contribution in [0.3, 0.4) is 0 Å². The Labute approximate surface area is 162 Å². The normalized spacial score (nSPS) is 12.0. The lowest BCUT2D eigenvalue weighted by molar-refractivity contribution is 0.0982. The van der Waals surface area contributed by atoms with Gasteiger partial charge in [0, 0.05) is 16.0 Å². The Balaban J connectivity index is 1.88. The Bertz CT molecular complexity index is 979. The number of halogens is 3. The highest BCUT2D eigenvalue weighted by molar-refractivity contribution is 7.10. The molecule has 5 nitrogen and oxygen atoms in total. The standard InChI is InChI=1S/C18H13ClF2N2O3S/c19-10-3-1-9(2-4-10)12-8-27-18(23-12)14(7-24)26-13-6-5-11(20)15(16(13)21)17(22)25/h1-6,8,14,24H,7H2,(H2,22,25). The summed E-state index contributed by atoms with van der Waals surface area (Å²) in [5, 5.41) is 12.3. The van der Waals surface area contributed by atoms with Gasteiger partial charge in [-0.1, -0.05) is 23.7 Å². The van der Waals surface area contributed by atoms with E-state index in [-0.39, 0.29) is 0 Å². The lowest BCUT2D eigenvalue weighted by atomic mass is 10.1. The maximum absolute atomic E-state index is 14.3. The Morgan fingerprint density at radius 2 is 1.96 bits per heavy atom. The van der Waals surface area contributed by atoms with Gasteiger partial charge < -0.3 is 15.6 Å². The molecule has 140 valence electrons. The Hall–Kier alpha value is -2.55. The van der Waals surface area contributed by atoms with Gasteiger partial charge in [-0.05, 0) is 24.3 Å². The molecule has 3 aromatic rings. The number of nitrogens with two attached hydrogens (primary N) is 1. The minimum atomic E-state index is -1.25. The van der Waals surface area contributed by atoms with Crippen LogP contribution in [-0.4, -0.2) is 22.6 Å². The third-order valence-corrected chi connectivity index (χ3v) is 4.86. The number of primary amides is 1. The topological polar surface area (TPSA) is 85.4 Å². The first-order valence-electron chi connectivity index (χ1n) is 7.67. The molecule has 0 spiro atoms. The predicted molar refractivity (Wildman–Crippen MR) is 97.9 cm³/mol. The highest BCUT2D eigenvalue weighted by Gasteiger charge is 2.23. The van der Waals surface area contributed by atoms with Gasteiger partial charge in [0.05, 0.1) is 12.3 Å². The minimum absolute atomic E-state index is 0.381. The van der Waals surface area contributed by atoms with Crippen molar-refractivity contribution in [3.8, 4) is 17.0 Å². The smallest absolute Gasteiger partial charge is 0.254 e. The van der Waals surface area contributed by atoms with Crippen LogP contribution in [0.5, 0.6) is 5.75 Å². The first-order valence-corrected chi connectivity index (χ1v) is 8.93. The summed E-state index contributed by atoms with van der Waals surface area (Å²) < 4.78 is 33.3. The van der Waals surface area contributed by atoms with Gasteiger partial charge in [0.1, 0.15) is 16.4 Å². The van der Waals surface area contributed by atoms with Crippen molar-refractivity contribution >= 4 is 28.8 Å². The molecule has 27 heavy (non-hydrogen) atoms. The van der Waals surface area contributed by atoms with Crippen molar-refractivity contribution in [2.75, 3.05) is 6.61 Å². The van der Waals surface area contributed by atoms with E-state index in [2.05, 4.69) is 4.98 Å². The van der Waals surface area contributed by atoms with Crippen molar-refractivity contribution in [2.45, 2.75) is 6.10 Å². The highest BCUT2D eigenvalue weighted by Crippen LogP contribution is 2.31. The van der Waals surface area contributed by atoms with Crippen molar-refractivity contribution in [3.05, 3.63) is 69.0 Å². The monoisotopic (exact) mass is 410 g/mol. The first kappa shape index (κ1) is 19.2. The Morgan fingerprint density at radius 3 is 2.59 bits per heavy atom. The van der Waals surface area contributed by atoms with Crippen LogP contribution in [0.25, 0.3) is 11.3 Å². The maximum Gasteiger partial charge on any atom is 0.254 e. The zero-order valence-electron chi connectivity index (χ0n) is 13.7. The zero-order valence-corrected chi connectivity index (χ0v) is 15.2. The molecular formula is C18H13ClF2N2O3S. The molecule has 3 rings (SSSR count). The number of carbonyl (C=O) groups excluding carboxylic acids is 1. The number of aromatic nitrogens is 1. The van der Waals surface area contributed by atoms with E-state index in [1.165, 1.54) is 11.3 Å². The second-order valence-corrected chi connectivity index (χ2v) is 6.79. The fourth-order valence-corrected chi connectivity index (χ4v) is 3.33. The van der Waals surface area contributed by atoms with Gasteiger partial charge in [-0.2, -0.15) is 0 Å². The molecule has 0 radical (unpaired) electrons. The molecule has 0 aliphatic heterocycles. The van der Waals surface area contributed by atoms with Gasteiger partial charge >= 0.3 is 0 Å². The van der Waals surface area contributed by atoms with Crippen LogP contribution in [-0.2, 0) is 0 Å². The lowest BCUT2D eigenvalue weighted by Gasteiger charge is -2.16. The van der Waals surface area contributed by atoms with Crippen LogP contribution >= 0.6 is 22.9 Å². The quantitative estimate of drug-likeness (QED) is 0.644. The summed E-state index contributed by atoms with van der Waals surface area (Å²) in [6.07, 6.45) is -1.00. The largest absolute Gasteiger partial charge is 0.478 e. The SMILES string of the molecule is NC(=O)c1c(F)ccc(OC(CO)c2nc(-c3ccc(Cl)cc3)cs2)c1F. The maximum atomic E-state index is 14.3. The number of hydrogen-bond acceptors (Lipinski definition) is 5. The number of rotatable bonds is 6. The van der Waals surface area contributed by atoms with E-state index >= 15 is 0 Å². The molecule has 0 fully saturated rings. The molecule has 1 aromatic heterocycles. The number of aliphatic hydroxyl groups excluding tert-OH is 1. The number of thiazole rings is 1. The Kier molecular flexibility index (Phi) is 5.69. The molecule has 0 bridgehead atoms. The van der Waals surface area contributed by atoms with Crippen molar-refractivity contribution in [1.29, 1.82) is 0 Å². The fourth-order valence-electron chi connectivity index (χ4n) is 2.36. The summed E-state index contributed by atoms with van der Waals surface area (Å²) in [5.74, 6) is -3.98. The molecule has 3 N–H and O–H groups in total. The molecule has 1 heterocycles. The van der Waals surface area contributed by atoms with Crippen LogP contribution in [0.1, 0.15) is 21.5 Å². The molecule has 9 heteroatoms. The molecule has 0 saturated carbocycles. The van der Waals surface area contributed by atoms with Crippen molar-refractivity contribution < 1.29 is 23.4 Å². The molecule has 0 aliphatic carbocycles. The van der Waals surface area contributed by atoms with E-state index < -0.39 is 41.6 Å². The Morgan fingerprint density at radius 1 is 1.26 bits per heavy atom. The average molecular weight is 411 g/mol. The van der Waals surface area contributed by atoms with Crippen molar-refractivity contribution in [3.63, 3.8) is 0 Å². The van der Waals surface area contributed by atoms with E-state index in [1.54, 1.807) is 29.6 Å². The van der Waals surface area contributed by atoms with Crippen LogP contribution in [0.2, 0.25) is 5.02 Å². The van der Waals surface area contributed by atoms with Gasteiger partial charge in [-0.15, -0.1) is 11.3 Å². The number of amides is 1. The van der Waals surface area contributed by atoms with Gasteiger partial charge in [-0.25, -0.2) is 13.8 Å². The lowest BCUT2D eigenvalue weighted by Crippen LogP contribution is -2.18. The summed E-state index contributed by atoms with van der Waals surface area (Å²) in [7, 11) is 0. The summed E-state index contributed by atoms with van der Waals surface area (Å²) in [6, 6.07) is 8.90. The second-order valence-electron chi connectivity index (χ2n) is 5.47. The summed E-state index contributed by atoms with van der Waals surface area (Å²) >= 11 is 7.07. The van der Waals surface area contributed by atoms with E-state index in [9.17, 15) is 18.7 Å².